The molecule has 1 heterocycles. The van der Waals surface area contributed by atoms with E-state index in [2.05, 4.69) is 5.32 Å². The molecule has 88 valence electrons. The van der Waals surface area contributed by atoms with E-state index in [0.717, 1.165) is 30.2 Å². The highest BCUT2D eigenvalue weighted by atomic mass is 16.5. The van der Waals surface area contributed by atoms with Crippen molar-refractivity contribution in [2.75, 3.05) is 27.3 Å². The van der Waals surface area contributed by atoms with Crippen molar-refractivity contribution < 1.29 is 9.47 Å². The Balaban J connectivity index is 2.36. The molecule has 1 aliphatic rings. The van der Waals surface area contributed by atoms with Gasteiger partial charge in [0, 0.05) is 30.6 Å². The third-order valence-corrected chi connectivity index (χ3v) is 3.10. The molecule has 0 radical (unpaired) electrons. The predicted octanol–water partition coefficient (Wildman–Crippen LogP) is 0.718. The molecule has 2 rings (SSSR count). The van der Waals surface area contributed by atoms with Crippen LogP contribution in [0.4, 0.5) is 0 Å². The Morgan fingerprint density at radius 3 is 2.62 bits per heavy atom. The van der Waals surface area contributed by atoms with Gasteiger partial charge in [-0.15, -0.1) is 0 Å². The fourth-order valence-corrected chi connectivity index (χ4v) is 2.17. The molecule has 0 saturated carbocycles. The first-order chi connectivity index (χ1) is 7.76. The van der Waals surface area contributed by atoms with E-state index in [1.807, 2.05) is 18.2 Å². The van der Waals surface area contributed by atoms with E-state index in [-0.39, 0.29) is 6.04 Å². The summed E-state index contributed by atoms with van der Waals surface area (Å²) >= 11 is 0. The molecule has 1 aromatic rings. The topological polar surface area (TPSA) is 56.5 Å². The Morgan fingerprint density at radius 1 is 1.25 bits per heavy atom. The molecule has 1 aromatic carbocycles. The van der Waals surface area contributed by atoms with Gasteiger partial charge in [-0.2, -0.15) is 0 Å². The molecular weight excluding hydrogens is 204 g/mol. The molecule has 0 amide bonds. The Kier molecular flexibility index (Phi) is 3.31. The summed E-state index contributed by atoms with van der Waals surface area (Å²) < 4.78 is 10.6. The SMILES string of the molecule is COc1ccc(OC)c(C2CNCC2N)c1. The summed E-state index contributed by atoms with van der Waals surface area (Å²) in [7, 11) is 3.34. The number of nitrogens with two attached hydrogens (primary N) is 1. The largest absolute Gasteiger partial charge is 0.497 e. The van der Waals surface area contributed by atoms with Gasteiger partial charge in [0.25, 0.3) is 0 Å². The van der Waals surface area contributed by atoms with Crippen LogP contribution in [0.5, 0.6) is 11.5 Å². The Morgan fingerprint density at radius 2 is 2.06 bits per heavy atom. The quantitative estimate of drug-likeness (QED) is 0.791. The van der Waals surface area contributed by atoms with Gasteiger partial charge in [-0.05, 0) is 18.2 Å². The van der Waals surface area contributed by atoms with Gasteiger partial charge in [0.1, 0.15) is 11.5 Å². The van der Waals surface area contributed by atoms with E-state index >= 15 is 0 Å². The van der Waals surface area contributed by atoms with Gasteiger partial charge in [-0.1, -0.05) is 0 Å². The van der Waals surface area contributed by atoms with E-state index < -0.39 is 0 Å². The number of methoxy groups -OCH3 is 2. The van der Waals surface area contributed by atoms with Crippen LogP contribution in [0.15, 0.2) is 18.2 Å². The number of benzene rings is 1. The zero-order valence-corrected chi connectivity index (χ0v) is 9.69. The second kappa shape index (κ2) is 4.72. The number of ether oxygens (including phenoxy) is 2. The molecular formula is C12H18N2O2. The lowest BCUT2D eigenvalue weighted by Crippen LogP contribution is -2.27. The summed E-state index contributed by atoms with van der Waals surface area (Å²) in [5.41, 5.74) is 7.19. The van der Waals surface area contributed by atoms with Gasteiger partial charge >= 0.3 is 0 Å². The first kappa shape index (κ1) is 11.2. The third kappa shape index (κ3) is 1.99. The van der Waals surface area contributed by atoms with Crippen LogP contribution in [0.25, 0.3) is 0 Å². The molecule has 2 unspecified atom stereocenters. The van der Waals surface area contributed by atoms with Crippen molar-refractivity contribution in [1.29, 1.82) is 0 Å². The van der Waals surface area contributed by atoms with Gasteiger partial charge in [0.05, 0.1) is 14.2 Å². The average molecular weight is 222 g/mol. The number of nitrogens with one attached hydrogen (secondary N) is 1. The zero-order valence-electron chi connectivity index (χ0n) is 9.69. The van der Waals surface area contributed by atoms with Crippen molar-refractivity contribution in [2.45, 2.75) is 12.0 Å². The lowest BCUT2D eigenvalue weighted by Gasteiger charge is -2.18. The summed E-state index contributed by atoms with van der Waals surface area (Å²) in [5, 5.41) is 3.29. The van der Waals surface area contributed by atoms with Crippen LogP contribution >= 0.6 is 0 Å². The van der Waals surface area contributed by atoms with E-state index in [4.69, 9.17) is 15.2 Å². The molecule has 2 atom stereocenters. The Labute approximate surface area is 95.7 Å². The van der Waals surface area contributed by atoms with Crippen LogP contribution in [0.3, 0.4) is 0 Å². The fraction of sp³-hybridized carbons (Fsp3) is 0.500. The molecule has 1 saturated heterocycles. The first-order valence-corrected chi connectivity index (χ1v) is 5.44. The maximum atomic E-state index is 6.07. The summed E-state index contributed by atoms with van der Waals surface area (Å²) in [6.45, 7) is 1.75. The molecule has 0 spiro atoms. The van der Waals surface area contributed by atoms with E-state index in [9.17, 15) is 0 Å². The normalized spacial score (nSPS) is 24.4. The number of hydrogen-bond acceptors (Lipinski definition) is 4. The molecule has 1 aliphatic heterocycles. The molecule has 4 heteroatoms. The average Bonchev–Trinajstić information content (AvgIpc) is 2.74. The molecule has 16 heavy (non-hydrogen) atoms. The van der Waals surface area contributed by atoms with E-state index in [0.29, 0.717) is 5.92 Å². The molecule has 1 fully saturated rings. The number of hydrogen-bond donors (Lipinski definition) is 2. The van der Waals surface area contributed by atoms with Crippen LogP contribution < -0.4 is 20.5 Å². The minimum Gasteiger partial charge on any atom is -0.497 e. The summed E-state index contributed by atoms with van der Waals surface area (Å²) in [6, 6.07) is 5.98. The third-order valence-electron chi connectivity index (χ3n) is 3.10. The lowest BCUT2D eigenvalue weighted by atomic mass is 9.94. The standard InChI is InChI=1S/C12H18N2O2/c1-15-8-3-4-12(16-2)9(5-8)10-6-14-7-11(10)13/h3-5,10-11,14H,6-7,13H2,1-2H3. The smallest absolute Gasteiger partial charge is 0.122 e. The van der Waals surface area contributed by atoms with Gasteiger partial charge in [0.15, 0.2) is 0 Å². The van der Waals surface area contributed by atoms with Crippen molar-refractivity contribution in [3.8, 4) is 11.5 Å². The maximum Gasteiger partial charge on any atom is 0.122 e. The minimum atomic E-state index is 0.140. The molecule has 4 nitrogen and oxygen atoms in total. The van der Waals surface area contributed by atoms with Crippen molar-refractivity contribution in [3.63, 3.8) is 0 Å². The van der Waals surface area contributed by atoms with Crippen molar-refractivity contribution in [3.05, 3.63) is 23.8 Å². The molecule has 3 N–H and O–H groups in total. The van der Waals surface area contributed by atoms with Crippen LogP contribution in [-0.4, -0.2) is 33.4 Å². The highest BCUT2D eigenvalue weighted by Gasteiger charge is 2.27. The zero-order chi connectivity index (χ0) is 11.5. The molecule has 0 bridgehead atoms. The highest BCUT2D eigenvalue weighted by molar-refractivity contribution is 5.43. The first-order valence-electron chi connectivity index (χ1n) is 5.44. The van der Waals surface area contributed by atoms with Crippen LogP contribution in [0.1, 0.15) is 11.5 Å². The van der Waals surface area contributed by atoms with Gasteiger partial charge in [-0.3, -0.25) is 0 Å². The predicted molar refractivity (Wildman–Crippen MR) is 63.1 cm³/mol. The highest BCUT2D eigenvalue weighted by Crippen LogP contribution is 2.33. The molecule has 0 aliphatic carbocycles. The molecule has 0 aromatic heterocycles. The van der Waals surface area contributed by atoms with Crippen molar-refractivity contribution in [1.82, 2.24) is 5.32 Å². The monoisotopic (exact) mass is 222 g/mol. The second-order valence-electron chi connectivity index (χ2n) is 4.04. The summed E-state index contributed by atoms with van der Waals surface area (Å²) in [4.78, 5) is 0. The number of rotatable bonds is 3. The summed E-state index contributed by atoms with van der Waals surface area (Å²) in [6.07, 6.45) is 0. The van der Waals surface area contributed by atoms with E-state index in [1.165, 1.54) is 0 Å². The van der Waals surface area contributed by atoms with Gasteiger partial charge < -0.3 is 20.5 Å². The second-order valence-corrected chi connectivity index (χ2v) is 4.04. The maximum absolute atomic E-state index is 6.07. The lowest BCUT2D eigenvalue weighted by molar-refractivity contribution is 0.394. The Bertz CT molecular complexity index is 368. The fourth-order valence-electron chi connectivity index (χ4n) is 2.17. The van der Waals surface area contributed by atoms with Gasteiger partial charge in [-0.25, -0.2) is 0 Å². The van der Waals surface area contributed by atoms with Crippen LogP contribution in [0.2, 0.25) is 0 Å². The van der Waals surface area contributed by atoms with Crippen molar-refractivity contribution >= 4 is 0 Å². The van der Waals surface area contributed by atoms with Crippen LogP contribution in [0, 0.1) is 0 Å². The van der Waals surface area contributed by atoms with Crippen molar-refractivity contribution in [2.24, 2.45) is 5.73 Å². The Hall–Kier alpha value is -1.26. The van der Waals surface area contributed by atoms with E-state index in [1.54, 1.807) is 14.2 Å². The minimum absolute atomic E-state index is 0.140. The van der Waals surface area contributed by atoms with Crippen LogP contribution in [-0.2, 0) is 0 Å². The van der Waals surface area contributed by atoms with Gasteiger partial charge in [0.2, 0.25) is 0 Å². The summed E-state index contributed by atoms with van der Waals surface area (Å²) in [5.74, 6) is 2.02.